The van der Waals surface area contributed by atoms with Crippen molar-refractivity contribution in [1.82, 2.24) is 9.97 Å². The molecule has 3 aromatic rings. The molecule has 1 amide bonds. The molecule has 1 saturated heterocycles. The lowest BCUT2D eigenvalue weighted by atomic mass is 9.99. The van der Waals surface area contributed by atoms with Crippen LogP contribution in [0.2, 0.25) is 0 Å². The molecule has 1 aliphatic heterocycles. The van der Waals surface area contributed by atoms with Crippen LogP contribution in [0.15, 0.2) is 30.6 Å². The molecule has 2 aromatic heterocycles. The molecule has 29 heavy (non-hydrogen) atoms. The Balaban J connectivity index is 1.72. The highest BCUT2D eigenvalue weighted by molar-refractivity contribution is 6.17. The minimum Gasteiger partial charge on any atom is -0.489 e. The standard InChI is InChI=1S/C20H17F2N3O4/c21-15-2-1-12(19(23)27)17(22)16(15)18(26)14-9-25-20-13(14)7-11(8-24-20)29-10-3-5-28-6-4-10/h1-2,7-10H,3-6H2,(H2,23,27)(H,24,25). The van der Waals surface area contributed by atoms with Crippen LogP contribution in [-0.2, 0) is 4.74 Å². The van der Waals surface area contributed by atoms with Gasteiger partial charge in [0.05, 0.1) is 30.5 Å². The first-order chi connectivity index (χ1) is 14.0. The van der Waals surface area contributed by atoms with Crippen LogP contribution >= 0.6 is 0 Å². The first kappa shape index (κ1) is 19.0. The first-order valence-corrected chi connectivity index (χ1v) is 8.99. The number of nitrogens with two attached hydrogens (primary N) is 1. The summed E-state index contributed by atoms with van der Waals surface area (Å²) in [6.07, 6.45) is 4.25. The molecule has 0 aliphatic carbocycles. The van der Waals surface area contributed by atoms with Gasteiger partial charge >= 0.3 is 0 Å². The van der Waals surface area contributed by atoms with Crippen LogP contribution in [0.5, 0.6) is 5.75 Å². The van der Waals surface area contributed by atoms with Crippen molar-refractivity contribution >= 4 is 22.7 Å². The molecule has 150 valence electrons. The van der Waals surface area contributed by atoms with E-state index in [0.717, 1.165) is 25.0 Å². The molecule has 4 rings (SSSR count). The maximum absolute atomic E-state index is 14.6. The molecule has 0 unspecified atom stereocenters. The Kier molecular flexibility index (Phi) is 4.98. The topological polar surface area (TPSA) is 107 Å². The van der Waals surface area contributed by atoms with Crippen LogP contribution in [0.4, 0.5) is 8.78 Å². The Labute approximate surface area is 163 Å². The summed E-state index contributed by atoms with van der Waals surface area (Å²) in [6.45, 7) is 1.20. The average Bonchev–Trinajstić information content (AvgIpc) is 3.11. The Bertz CT molecular complexity index is 1110. The predicted octanol–water partition coefficient (Wildman–Crippen LogP) is 2.73. The first-order valence-electron chi connectivity index (χ1n) is 8.99. The van der Waals surface area contributed by atoms with Gasteiger partial charge in [0.1, 0.15) is 29.1 Å². The van der Waals surface area contributed by atoms with E-state index in [1.807, 2.05) is 0 Å². The second-order valence-corrected chi connectivity index (χ2v) is 6.68. The van der Waals surface area contributed by atoms with Gasteiger partial charge in [0.15, 0.2) is 0 Å². The van der Waals surface area contributed by atoms with Crippen LogP contribution in [0.1, 0.15) is 39.1 Å². The molecule has 3 heterocycles. The Morgan fingerprint density at radius 3 is 2.69 bits per heavy atom. The quantitative estimate of drug-likeness (QED) is 0.640. The molecule has 1 fully saturated rings. The summed E-state index contributed by atoms with van der Waals surface area (Å²) in [5.74, 6) is -3.97. The molecule has 0 saturated carbocycles. The van der Waals surface area contributed by atoms with E-state index in [1.54, 1.807) is 6.07 Å². The lowest BCUT2D eigenvalue weighted by Crippen LogP contribution is -2.25. The summed E-state index contributed by atoms with van der Waals surface area (Å²) in [4.78, 5) is 31.3. The molecule has 1 aliphatic rings. The van der Waals surface area contributed by atoms with E-state index < -0.39 is 34.5 Å². The molecular formula is C20H17F2N3O4. The fourth-order valence-electron chi connectivity index (χ4n) is 3.31. The van der Waals surface area contributed by atoms with Crippen molar-refractivity contribution < 1.29 is 27.8 Å². The second-order valence-electron chi connectivity index (χ2n) is 6.68. The highest BCUT2D eigenvalue weighted by Gasteiger charge is 2.26. The van der Waals surface area contributed by atoms with Crippen molar-refractivity contribution in [2.45, 2.75) is 18.9 Å². The van der Waals surface area contributed by atoms with Crippen LogP contribution in [0.3, 0.4) is 0 Å². The third kappa shape index (κ3) is 3.56. The number of aromatic nitrogens is 2. The number of ether oxygens (including phenoxy) is 2. The third-order valence-electron chi connectivity index (χ3n) is 4.81. The average molecular weight is 401 g/mol. The maximum Gasteiger partial charge on any atom is 0.251 e. The highest BCUT2D eigenvalue weighted by atomic mass is 19.1. The molecule has 0 atom stereocenters. The Hall–Kier alpha value is -3.33. The SMILES string of the molecule is NC(=O)c1ccc(F)c(C(=O)c2c[nH]c3ncc(OC4CCOCC4)cc23)c1F. The number of nitrogens with one attached hydrogen (secondary N) is 1. The molecule has 1 aromatic carbocycles. The van der Waals surface area contributed by atoms with Gasteiger partial charge in [-0.05, 0) is 18.2 Å². The number of aromatic amines is 1. The number of benzene rings is 1. The van der Waals surface area contributed by atoms with E-state index >= 15 is 0 Å². The van der Waals surface area contributed by atoms with Crippen molar-refractivity contribution in [2.75, 3.05) is 13.2 Å². The van der Waals surface area contributed by atoms with Gasteiger partial charge in [0, 0.05) is 30.0 Å². The van der Waals surface area contributed by atoms with Gasteiger partial charge in [-0.15, -0.1) is 0 Å². The number of carbonyl (C=O) groups is 2. The molecular weight excluding hydrogens is 384 g/mol. The number of pyridine rings is 1. The number of nitrogens with zero attached hydrogens (tertiary/aromatic N) is 1. The number of rotatable bonds is 5. The van der Waals surface area contributed by atoms with E-state index in [0.29, 0.717) is 30.0 Å². The zero-order chi connectivity index (χ0) is 20.5. The van der Waals surface area contributed by atoms with Crippen LogP contribution in [0.25, 0.3) is 11.0 Å². The van der Waals surface area contributed by atoms with Gasteiger partial charge in [-0.3, -0.25) is 9.59 Å². The minimum atomic E-state index is -1.29. The van der Waals surface area contributed by atoms with Crippen LogP contribution < -0.4 is 10.5 Å². The third-order valence-corrected chi connectivity index (χ3v) is 4.81. The summed E-state index contributed by atoms with van der Waals surface area (Å²) in [7, 11) is 0. The number of halogens is 2. The number of hydrogen-bond acceptors (Lipinski definition) is 5. The smallest absolute Gasteiger partial charge is 0.251 e. The summed E-state index contributed by atoms with van der Waals surface area (Å²) in [5.41, 5.74) is 4.05. The molecule has 3 N–H and O–H groups in total. The number of primary amides is 1. The van der Waals surface area contributed by atoms with Crippen LogP contribution in [0, 0.1) is 11.6 Å². The number of ketones is 1. The van der Waals surface area contributed by atoms with E-state index in [9.17, 15) is 18.4 Å². The van der Waals surface area contributed by atoms with E-state index in [2.05, 4.69) is 9.97 Å². The van der Waals surface area contributed by atoms with Crippen molar-refractivity contribution in [3.8, 4) is 5.75 Å². The molecule has 0 radical (unpaired) electrons. The molecule has 9 heteroatoms. The fourth-order valence-corrected chi connectivity index (χ4v) is 3.31. The molecule has 7 nitrogen and oxygen atoms in total. The fraction of sp³-hybridized carbons (Fsp3) is 0.250. The van der Waals surface area contributed by atoms with Crippen molar-refractivity contribution in [3.05, 3.63) is 58.9 Å². The highest BCUT2D eigenvalue weighted by Crippen LogP contribution is 2.28. The van der Waals surface area contributed by atoms with E-state index in [1.165, 1.54) is 12.4 Å². The zero-order valence-corrected chi connectivity index (χ0v) is 15.2. The minimum absolute atomic E-state index is 0.00403. The van der Waals surface area contributed by atoms with Gasteiger partial charge in [0.2, 0.25) is 5.78 Å². The summed E-state index contributed by atoms with van der Waals surface area (Å²) >= 11 is 0. The van der Waals surface area contributed by atoms with Crippen LogP contribution in [-0.4, -0.2) is 41.0 Å². The van der Waals surface area contributed by atoms with Crippen molar-refractivity contribution in [2.24, 2.45) is 5.73 Å². The van der Waals surface area contributed by atoms with Gasteiger partial charge in [-0.2, -0.15) is 0 Å². The maximum atomic E-state index is 14.6. The lowest BCUT2D eigenvalue weighted by molar-refractivity contribution is 0.0255. The van der Waals surface area contributed by atoms with E-state index in [-0.39, 0.29) is 11.7 Å². The Morgan fingerprint density at radius 2 is 1.97 bits per heavy atom. The van der Waals surface area contributed by atoms with Crippen molar-refractivity contribution in [3.63, 3.8) is 0 Å². The monoisotopic (exact) mass is 401 g/mol. The van der Waals surface area contributed by atoms with Gasteiger partial charge in [-0.1, -0.05) is 0 Å². The number of carbonyl (C=O) groups excluding carboxylic acids is 2. The summed E-state index contributed by atoms with van der Waals surface area (Å²) < 4.78 is 40.0. The van der Waals surface area contributed by atoms with E-state index in [4.69, 9.17) is 15.2 Å². The normalized spacial score (nSPS) is 14.8. The number of H-pyrrole nitrogens is 1. The number of fused-ring (bicyclic) bond motifs is 1. The largest absolute Gasteiger partial charge is 0.489 e. The Morgan fingerprint density at radius 1 is 1.21 bits per heavy atom. The van der Waals surface area contributed by atoms with Gasteiger partial charge in [-0.25, -0.2) is 13.8 Å². The summed E-state index contributed by atoms with van der Waals surface area (Å²) in [5, 5.41) is 0.350. The van der Waals surface area contributed by atoms with Crippen molar-refractivity contribution in [1.29, 1.82) is 0 Å². The second kappa shape index (κ2) is 7.59. The summed E-state index contributed by atoms with van der Waals surface area (Å²) in [6, 6.07) is 3.33. The molecule has 0 spiro atoms. The van der Waals surface area contributed by atoms with Gasteiger partial charge in [0.25, 0.3) is 5.91 Å². The number of hydrogen-bond donors (Lipinski definition) is 2. The lowest BCUT2D eigenvalue weighted by Gasteiger charge is -2.23. The molecule has 0 bridgehead atoms. The predicted molar refractivity (Wildman–Crippen MR) is 98.9 cm³/mol. The number of amides is 1. The zero-order valence-electron chi connectivity index (χ0n) is 15.2. The van der Waals surface area contributed by atoms with Gasteiger partial charge < -0.3 is 20.2 Å².